The zero-order chi connectivity index (χ0) is 25.4. The van der Waals surface area contributed by atoms with Crippen molar-refractivity contribution >= 4 is 33.8 Å². The Bertz CT molecular complexity index is 1640. The van der Waals surface area contributed by atoms with Crippen molar-refractivity contribution in [2.24, 2.45) is 0 Å². The number of allylic oxidation sites excluding steroid dienone is 1. The summed E-state index contributed by atoms with van der Waals surface area (Å²) in [6.45, 7) is 6.07. The molecule has 0 aliphatic carbocycles. The minimum Gasteiger partial charge on any atom is -0.474 e. The van der Waals surface area contributed by atoms with Gasteiger partial charge in [0, 0.05) is 37.1 Å². The summed E-state index contributed by atoms with van der Waals surface area (Å²) < 4.78 is 14.8. The summed E-state index contributed by atoms with van der Waals surface area (Å²) in [4.78, 5) is 33.5. The van der Waals surface area contributed by atoms with Crippen molar-refractivity contribution in [3.63, 3.8) is 0 Å². The summed E-state index contributed by atoms with van der Waals surface area (Å²) in [5.41, 5.74) is 2.33. The van der Waals surface area contributed by atoms with Crippen LogP contribution in [0.1, 0.15) is 12.8 Å². The molecule has 11 nitrogen and oxygen atoms in total. The average molecular weight is 499 g/mol. The fourth-order valence-corrected chi connectivity index (χ4v) is 4.53. The molecule has 11 heteroatoms. The van der Waals surface area contributed by atoms with E-state index in [1.165, 1.54) is 12.6 Å². The minimum absolute atomic E-state index is 0.107. The molecule has 0 spiro atoms. The minimum atomic E-state index is -0.229. The second kappa shape index (κ2) is 9.51. The lowest BCUT2D eigenvalue weighted by Gasteiger charge is -2.29. The van der Waals surface area contributed by atoms with Crippen molar-refractivity contribution in [1.29, 1.82) is 0 Å². The van der Waals surface area contributed by atoms with Crippen LogP contribution < -0.4 is 15.6 Å². The molecule has 1 aliphatic rings. The van der Waals surface area contributed by atoms with Crippen LogP contribution in [0.4, 0.5) is 11.6 Å². The van der Waals surface area contributed by atoms with Gasteiger partial charge >= 0.3 is 0 Å². The third kappa shape index (κ3) is 4.45. The summed E-state index contributed by atoms with van der Waals surface area (Å²) in [7, 11) is 2.11. The number of likely N-dealkylation sites (tertiary alicyclic amines) is 1. The highest BCUT2D eigenvalue weighted by Gasteiger charge is 2.21. The van der Waals surface area contributed by atoms with Crippen molar-refractivity contribution in [3.05, 3.63) is 72.0 Å². The number of benzene rings is 1. The van der Waals surface area contributed by atoms with Gasteiger partial charge in [-0.2, -0.15) is 9.97 Å². The van der Waals surface area contributed by atoms with Crippen LogP contribution in [0.25, 0.3) is 28.0 Å². The van der Waals surface area contributed by atoms with Crippen molar-refractivity contribution < 1.29 is 9.15 Å². The molecule has 0 saturated carbocycles. The van der Waals surface area contributed by atoms with Gasteiger partial charge in [0.05, 0.1) is 6.54 Å². The topological polar surface area (TPSA) is 116 Å². The summed E-state index contributed by atoms with van der Waals surface area (Å²) in [6, 6.07) is 11.1. The standard InChI is InChI=1S/C26H26N8O3/c1-3-11-33-25(35)19-15-27-26(29-17-7-8-20-21(14-17)36-16-28-20)31-24(19)34(33)22-5-4-6-23(30-22)37-18-9-12-32(2)13-10-18/h3-8,14-16,18H,1,9-13H2,2H3,(H,27,29,31). The van der Waals surface area contributed by atoms with Gasteiger partial charge in [-0.1, -0.05) is 12.1 Å². The zero-order valence-corrected chi connectivity index (χ0v) is 20.4. The summed E-state index contributed by atoms with van der Waals surface area (Å²) >= 11 is 0. The number of aromatic nitrogens is 6. The van der Waals surface area contributed by atoms with Gasteiger partial charge in [0.1, 0.15) is 17.0 Å². The van der Waals surface area contributed by atoms with Crippen LogP contribution in [0.15, 0.2) is 70.9 Å². The Kier molecular flexibility index (Phi) is 5.89. The van der Waals surface area contributed by atoms with Crippen molar-refractivity contribution in [2.75, 3.05) is 25.5 Å². The average Bonchev–Trinajstić information content (AvgIpc) is 3.48. The maximum Gasteiger partial charge on any atom is 0.278 e. The van der Waals surface area contributed by atoms with Crippen molar-refractivity contribution in [1.82, 2.24) is 34.2 Å². The molecule has 0 amide bonds. The lowest BCUT2D eigenvalue weighted by atomic mass is 10.1. The molecule has 188 valence electrons. The van der Waals surface area contributed by atoms with Gasteiger partial charge in [-0.25, -0.2) is 19.3 Å². The van der Waals surface area contributed by atoms with Crippen molar-refractivity contribution in [3.8, 4) is 11.7 Å². The normalized spacial score (nSPS) is 14.8. The Morgan fingerprint density at radius 1 is 1.19 bits per heavy atom. The van der Waals surface area contributed by atoms with E-state index in [0.717, 1.165) is 37.1 Å². The van der Waals surface area contributed by atoms with Gasteiger partial charge < -0.3 is 19.4 Å². The van der Waals surface area contributed by atoms with E-state index in [-0.39, 0.29) is 18.2 Å². The quantitative estimate of drug-likeness (QED) is 0.336. The molecule has 5 heterocycles. The van der Waals surface area contributed by atoms with E-state index in [9.17, 15) is 4.79 Å². The van der Waals surface area contributed by atoms with Gasteiger partial charge in [0.15, 0.2) is 23.4 Å². The van der Waals surface area contributed by atoms with E-state index >= 15 is 0 Å². The third-order valence-corrected chi connectivity index (χ3v) is 6.44. The summed E-state index contributed by atoms with van der Waals surface area (Å²) in [5, 5.41) is 3.56. The largest absolute Gasteiger partial charge is 0.474 e. The van der Waals surface area contributed by atoms with E-state index in [1.807, 2.05) is 36.4 Å². The third-order valence-electron chi connectivity index (χ3n) is 6.44. The number of anilines is 2. The Morgan fingerprint density at radius 2 is 2.05 bits per heavy atom. The first-order valence-electron chi connectivity index (χ1n) is 12.1. The van der Waals surface area contributed by atoms with E-state index < -0.39 is 0 Å². The van der Waals surface area contributed by atoms with Crippen LogP contribution >= 0.6 is 0 Å². The van der Waals surface area contributed by atoms with Gasteiger partial charge in [-0.3, -0.25) is 4.79 Å². The zero-order valence-electron chi connectivity index (χ0n) is 20.4. The second-order valence-electron chi connectivity index (χ2n) is 9.03. The second-order valence-corrected chi connectivity index (χ2v) is 9.03. The van der Waals surface area contributed by atoms with Crippen molar-refractivity contribution in [2.45, 2.75) is 25.5 Å². The monoisotopic (exact) mass is 498 g/mol. The fraction of sp³-hybridized carbons (Fsp3) is 0.269. The molecule has 0 bridgehead atoms. The number of fused-ring (bicyclic) bond motifs is 2. The van der Waals surface area contributed by atoms with E-state index in [1.54, 1.807) is 15.4 Å². The summed E-state index contributed by atoms with van der Waals surface area (Å²) in [5.74, 6) is 1.36. The molecule has 37 heavy (non-hydrogen) atoms. The van der Waals surface area contributed by atoms with Gasteiger partial charge in [0.2, 0.25) is 11.8 Å². The predicted molar refractivity (Wildman–Crippen MR) is 140 cm³/mol. The molecule has 1 N–H and O–H groups in total. The Labute approximate surface area is 212 Å². The molecule has 1 fully saturated rings. The Morgan fingerprint density at radius 3 is 2.89 bits per heavy atom. The number of pyridine rings is 1. The molecule has 0 unspecified atom stereocenters. The molecule has 0 radical (unpaired) electrons. The Balaban J connectivity index is 1.38. The number of oxazole rings is 1. The highest BCUT2D eigenvalue weighted by Crippen LogP contribution is 2.23. The van der Waals surface area contributed by atoms with E-state index in [2.05, 4.69) is 38.8 Å². The van der Waals surface area contributed by atoms with Crippen LogP contribution in [-0.2, 0) is 6.54 Å². The lowest BCUT2D eigenvalue weighted by molar-refractivity contribution is 0.110. The number of nitrogens with zero attached hydrogens (tertiary/aromatic N) is 7. The van der Waals surface area contributed by atoms with Crippen LogP contribution in [0.5, 0.6) is 5.88 Å². The molecule has 0 atom stereocenters. The summed E-state index contributed by atoms with van der Waals surface area (Å²) in [6.07, 6.45) is 6.57. The maximum absolute atomic E-state index is 13.2. The van der Waals surface area contributed by atoms with Gasteiger partial charge in [0.25, 0.3) is 5.56 Å². The van der Waals surface area contributed by atoms with Gasteiger partial charge in [-0.15, -0.1) is 6.58 Å². The number of hydrogen-bond acceptors (Lipinski definition) is 9. The molecule has 1 saturated heterocycles. The number of nitrogens with one attached hydrogen (secondary N) is 1. The smallest absolute Gasteiger partial charge is 0.278 e. The highest BCUT2D eigenvalue weighted by molar-refractivity contribution is 5.79. The molecule has 4 aromatic heterocycles. The van der Waals surface area contributed by atoms with E-state index in [0.29, 0.717) is 34.3 Å². The number of rotatable bonds is 7. The molecule has 1 aliphatic heterocycles. The fourth-order valence-electron chi connectivity index (χ4n) is 4.53. The SMILES string of the molecule is C=CCn1c(=O)c2cnc(Nc3ccc4ncoc4c3)nc2n1-c1cccc(OC2CCN(C)CC2)n1. The van der Waals surface area contributed by atoms with Crippen LogP contribution in [0.3, 0.4) is 0 Å². The number of ether oxygens (including phenoxy) is 1. The molecule has 6 rings (SSSR count). The number of hydrogen-bond donors (Lipinski definition) is 1. The highest BCUT2D eigenvalue weighted by atomic mass is 16.5. The first-order valence-corrected chi connectivity index (χ1v) is 12.1. The van der Waals surface area contributed by atoms with Gasteiger partial charge in [-0.05, 0) is 38.1 Å². The Hall–Kier alpha value is -4.51. The van der Waals surface area contributed by atoms with Crippen LogP contribution in [0.2, 0.25) is 0 Å². The molecule has 5 aromatic rings. The number of piperidine rings is 1. The lowest BCUT2D eigenvalue weighted by Crippen LogP contribution is -2.35. The molecule has 1 aromatic carbocycles. The molecular weight excluding hydrogens is 472 g/mol. The maximum atomic E-state index is 13.2. The predicted octanol–water partition coefficient (Wildman–Crippen LogP) is 3.52. The first-order chi connectivity index (χ1) is 18.1. The first kappa shape index (κ1) is 22.9. The van der Waals surface area contributed by atoms with Crippen LogP contribution in [0, 0.1) is 0 Å². The van der Waals surface area contributed by atoms with Crippen LogP contribution in [-0.4, -0.2) is 60.4 Å². The molecular formula is C26H26N8O3. The van der Waals surface area contributed by atoms with E-state index in [4.69, 9.17) is 14.1 Å².